The van der Waals surface area contributed by atoms with Gasteiger partial charge in [-0.05, 0) is 23.8 Å². The second-order valence-corrected chi connectivity index (χ2v) is 3.58. The molecule has 0 aliphatic heterocycles. The van der Waals surface area contributed by atoms with E-state index < -0.39 is 0 Å². The highest BCUT2D eigenvalue weighted by Gasteiger charge is 2.01. The first-order valence-electron chi connectivity index (χ1n) is 4.95. The molecule has 3 aromatic rings. The van der Waals surface area contributed by atoms with Gasteiger partial charge in [-0.15, -0.1) is 0 Å². The maximum absolute atomic E-state index is 11.1. The Bertz CT molecular complexity index is 682. The molecular weight excluding hydrogens is 202 g/mol. The van der Waals surface area contributed by atoms with Gasteiger partial charge in [-0.2, -0.15) is 0 Å². The molecule has 0 unspecified atom stereocenters. The van der Waals surface area contributed by atoms with Crippen LogP contribution in [0.5, 0.6) is 0 Å². The van der Waals surface area contributed by atoms with Gasteiger partial charge in [0.25, 0.3) is 0 Å². The molecule has 0 aliphatic carbocycles. The Morgan fingerprint density at radius 3 is 2.69 bits per heavy atom. The average molecular weight is 211 g/mol. The summed E-state index contributed by atoms with van der Waals surface area (Å²) in [4.78, 5) is 20.6. The molecule has 16 heavy (non-hydrogen) atoms. The summed E-state index contributed by atoms with van der Waals surface area (Å²) in [5.41, 5.74) is 3.52. The second-order valence-electron chi connectivity index (χ2n) is 3.58. The van der Waals surface area contributed by atoms with Crippen LogP contribution in [0.25, 0.3) is 22.2 Å². The van der Waals surface area contributed by atoms with E-state index in [0.717, 1.165) is 22.2 Å². The van der Waals surface area contributed by atoms with Crippen molar-refractivity contribution < 1.29 is 0 Å². The summed E-state index contributed by atoms with van der Waals surface area (Å²) in [6.07, 6.45) is 3.53. The number of imidazole rings is 1. The highest BCUT2D eigenvalue weighted by atomic mass is 16.1. The number of hydrogen-bond acceptors (Lipinski definition) is 2. The summed E-state index contributed by atoms with van der Waals surface area (Å²) in [5, 5.41) is 0. The van der Waals surface area contributed by atoms with Gasteiger partial charge in [0.2, 0.25) is 0 Å². The first-order chi connectivity index (χ1) is 7.83. The average Bonchev–Trinajstić information content (AvgIpc) is 2.69. The highest BCUT2D eigenvalue weighted by Crippen LogP contribution is 2.20. The molecule has 0 atom stereocenters. The number of aromatic nitrogens is 3. The van der Waals surface area contributed by atoms with Crippen molar-refractivity contribution in [1.82, 2.24) is 15.0 Å². The van der Waals surface area contributed by atoms with Gasteiger partial charge in [-0.25, -0.2) is 4.79 Å². The van der Waals surface area contributed by atoms with Crippen molar-refractivity contribution in [3.05, 3.63) is 53.2 Å². The molecule has 0 radical (unpaired) electrons. The van der Waals surface area contributed by atoms with Crippen molar-refractivity contribution in [1.29, 1.82) is 0 Å². The lowest BCUT2D eigenvalue weighted by atomic mass is 10.1. The van der Waals surface area contributed by atoms with Crippen LogP contribution < -0.4 is 5.69 Å². The van der Waals surface area contributed by atoms with Crippen molar-refractivity contribution in [3.8, 4) is 11.1 Å². The van der Waals surface area contributed by atoms with E-state index in [4.69, 9.17) is 0 Å². The lowest BCUT2D eigenvalue weighted by Crippen LogP contribution is -1.99. The van der Waals surface area contributed by atoms with Crippen LogP contribution in [0.3, 0.4) is 0 Å². The summed E-state index contributed by atoms with van der Waals surface area (Å²) >= 11 is 0. The molecule has 1 aromatic carbocycles. The van der Waals surface area contributed by atoms with Gasteiger partial charge in [0, 0.05) is 18.0 Å². The van der Waals surface area contributed by atoms with E-state index in [0.29, 0.717) is 0 Å². The standard InChI is InChI=1S/C12H9N3O/c16-12-14-10-4-3-8(6-11(10)15-12)9-2-1-5-13-7-9/h1-7H,(H2,14,15,16). The van der Waals surface area contributed by atoms with Crippen LogP contribution in [-0.2, 0) is 0 Å². The first kappa shape index (κ1) is 8.91. The van der Waals surface area contributed by atoms with Crippen LogP contribution in [0.15, 0.2) is 47.5 Å². The van der Waals surface area contributed by atoms with Gasteiger partial charge in [0.05, 0.1) is 11.0 Å². The fraction of sp³-hybridized carbons (Fsp3) is 0. The van der Waals surface area contributed by atoms with Crippen molar-refractivity contribution in [2.24, 2.45) is 0 Å². The van der Waals surface area contributed by atoms with E-state index in [1.165, 1.54) is 0 Å². The number of nitrogens with one attached hydrogen (secondary N) is 2. The number of hydrogen-bond donors (Lipinski definition) is 2. The van der Waals surface area contributed by atoms with E-state index in [2.05, 4.69) is 15.0 Å². The molecule has 0 amide bonds. The third-order valence-corrected chi connectivity index (χ3v) is 2.51. The molecule has 2 N–H and O–H groups in total. The minimum absolute atomic E-state index is 0.182. The molecule has 0 fully saturated rings. The molecule has 0 bridgehead atoms. The summed E-state index contributed by atoms with van der Waals surface area (Å²) in [5.74, 6) is 0. The highest BCUT2D eigenvalue weighted by molar-refractivity contribution is 5.81. The molecule has 4 heteroatoms. The monoisotopic (exact) mass is 211 g/mol. The molecule has 0 saturated heterocycles. The molecule has 0 aliphatic rings. The SMILES string of the molecule is O=c1[nH]c2ccc(-c3cccnc3)cc2[nH]1. The molecule has 3 rings (SSSR count). The topological polar surface area (TPSA) is 61.5 Å². The van der Waals surface area contributed by atoms with Gasteiger partial charge in [0.1, 0.15) is 0 Å². The Morgan fingerprint density at radius 2 is 1.88 bits per heavy atom. The van der Waals surface area contributed by atoms with E-state index in [1.54, 1.807) is 12.4 Å². The van der Waals surface area contributed by atoms with Gasteiger partial charge in [-0.3, -0.25) is 4.98 Å². The molecule has 0 saturated carbocycles. The Morgan fingerprint density at radius 1 is 1.00 bits per heavy atom. The van der Waals surface area contributed by atoms with Crippen LogP contribution >= 0.6 is 0 Å². The zero-order valence-corrected chi connectivity index (χ0v) is 8.40. The number of fused-ring (bicyclic) bond motifs is 1. The minimum atomic E-state index is -0.182. The summed E-state index contributed by atoms with van der Waals surface area (Å²) < 4.78 is 0. The molecular formula is C12H9N3O. The maximum atomic E-state index is 11.1. The van der Waals surface area contributed by atoms with Crippen LogP contribution in [0.2, 0.25) is 0 Å². The first-order valence-corrected chi connectivity index (χ1v) is 4.95. The van der Waals surface area contributed by atoms with Crippen LogP contribution in [-0.4, -0.2) is 15.0 Å². The maximum Gasteiger partial charge on any atom is 0.323 e. The number of aromatic amines is 2. The van der Waals surface area contributed by atoms with E-state index in [-0.39, 0.29) is 5.69 Å². The number of benzene rings is 1. The number of H-pyrrole nitrogens is 2. The van der Waals surface area contributed by atoms with Crippen LogP contribution in [0, 0.1) is 0 Å². The van der Waals surface area contributed by atoms with E-state index in [1.807, 2.05) is 30.3 Å². The largest absolute Gasteiger partial charge is 0.323 e. The molecule has 2 aromatic heterocycles. The predicted octanol–water partition coefficient (Wildman–Crippen LogP) is 1.92. The van der Waals surface area contributed by atoms with E-state index >= 15 is 0 Å². The summed E-state index contributed by atoms with van der Waals surface area (Å²) in [6.45, 7) is 0. The van der Waals surface area contributed by atoms with Crippen LogP contribution in [0.1, 0.15) is 0 Å². The molecule has 4 nitrogen and oxygen atoms in total. The fourth-order valence-corrected chi connectivity index (χ4v) is 1.75. The summed E-state index contributed by atoms with van der Waals surface area (Å²) in [7, 11) is 0. The van der Waals surface area contributed by atoms with Crippen molar-refractivity contribution in [2.45, 2.75) is 0 Å². The number of pyridine rings is 1. The van der Waals surface area contributed by atoms with Crippen molar-refractivity contribution >= 4 is 11.0 Å². The third kappa shape index (κ3) is 1.40. The van der Waals surface area contributed by atoms with Gasteiger partial charge < -0.3 is 9.97 Å². The Kier molecular flexibility index (Phi) is 1.86. The Hall–Kier alpha value is -2.36. The predicted molar refractivity (Wildman–Crippen MR) is 62.2 cm³/mol. The minimum Gasteiger partial charge on any atom is -0.306 e. The Balaban J connectivity index is 2.22. The summed E-state index contributed by atoms with van der Waals surface area (Å²) in [6, 6.07) is 9.65. The fourth-order valence-electron chi connectivity index (χ4n) is 1.75. The molecule has 2 heterocycles. The van der Waals surface area contributed by atoms with E-state index in [9.17, 15) is 4.79 Å². The molecule has 78 valence electrons. The number of rotatable bonds is 1. The third-order valence-electron chi connectivity index (χ3n) is 2.51. The lowest BCUT2D eigenvalue weighted by Gasteiger charge is -1.99. The van der Waals surface area contributed by atoms with Crippen LogP contribution in [0.4, 0.5) is 0 Å². The van der Waals surface area contributed by atoms with Gasteiger partial charge in [0.15, 0.2) is 0 Å². The smallest absolute Gasteiger partial charge is 0.306 e. The molecule has 0 spiro atoms. The second kappa shape index (κ2) is 3.34. The van der Waals surface area contributed by atoms with Crippen molar-refractivity contribution in [2.75, 3.05) is 0 Å². The van der Waals surface area contributed by atoms with Gasteiger partial charge in [-0.1, -0.05) is 12.1 Å². The van der Waals surface area contributed by atoms with Gasteiger partial charge >= 0.3 is 5.69 Å². The number of nitrogens with zero attached hydrogens (tertiary/aromatic N) is 1. The zero-order chi connectivity index (χ0) is 11.0. The quantitative estimate of drug-likeness (QED) is 0.646. The zero-order valence-electron chi connectivity index (χ0n) is 8.40. The normalized spacial score (nSPS) is 10.8. The Labute approximate surface area is 91.0 Å². The van der Waals surface area contributed by atoms with Crippen molar-refractivity contribution in [3.63, 3.8) is 0 Å². The lowest BCUT2D eigenvalue weighted by molar-refractivity contribution is 1.22.